The molecule has 0 radical (unpaired) electrons. The summed E-state index contributed by atoms with van der Waals surface area (Å²) in [7, 11) is 0. The minimum absolute atomic E-state index is 0.0919. The molecule has 1 aromatic carbocycles. The molecule has 2 aliphatic carbocycles. The zero-order valence-electron chi connectivity index (χ0n) is 14.0. The summed E-state index contributed by atoms with van der Waals surface area (Å²) in [4.78, 5) is 25.2. The van der Waals surface area contributed by atoms with E-state index in [9.17, 15) is 9.59 Å². The molecule has 0 heterocycles. The molecular formula is C19H26N2O3. The predicted octanol–water partition coefficient (Wildman–Crippen LogP) is 2.06. The van der Waals surface area contributed by atoms with Crippen molar-refractivity contribution in [3.63, 3.8) is 0 Å². The number of rotatable bonds is 9. The summed E-state index contributed by atoms with van der Waals surface area (Å²) in [5.74, 6) is 0.0177. The summed E-state index contributed by atoms with van der Waals surface area (Å²) < 4.78 is 0. The van der Waals surface area contributed by atoms with E-state index < -0.39 is 5.97 Å². The van der Waals surface area contributed by atoms with Gasteiger partial charge in [0.2, 0.25) is 5.91 Å². The van der Waals surface area contributed by atoms with Gasteiger partial charge in [-0.05, 0) is 43.6 Å². The Hall–Kier alpha value is -1.88. The van der Waals surface area contributed by atoms with E-state index in [-0.39, 0.29) is 18.5 Å². The lowest BCUT2D eigenvalue weighted by Gasteiger charge is -2.42. The van der Waals surface area contributed by atoms with Crippen LogP contribution in [0.15, 0.2) is 30.3 Å². The number of benzene rings is 1. The molecule has 0 spiro atoms. The number of aliphatic carboxylic acids is 1. The molecule has 0 unspecified atom stereocenters. The van der Waals surface area contributed by atoms with Crippen LogP contribution in [0.25, 0.3) is 0 Å². The van der Waals surface area contributed by atoms with Gasteiger partial charge in [0, 0.05) is 25.0 Å². The van der Waals surface area contributed by atoms with E-state index in [1.54, 1.807) is 0 Å². The number of hydrogen-bond acceptors (Lipinski definition) is 3. The average molecular weight is 330 g/mol. The van der Waals surface area contributed by atoms with Crippen LogP contribution in [-0.4, -0.2) is 47.1 Å². The number of nitrogens with zero attached hydrogens (tertiary/aromatic N) is 1. The zero-order chi connectivity index (χ0) is 16.9. The van der Waals surface area contributed by atoms with Crippen LogP contribution in [-0.2, 0) is 16.0 Å². The smallest absolute Gasteiger partial charge is 0.317 e. The second-order valence-electron chi connectivity index (χ2n) is 7.14. The van der Waals surface area contributed by atoms with Crippen LogP contribution >= 0.6 is 0 Å². The van der Waals surface area contributed by atoms with Gasteiger partial charge in [0.05, 0.1) is 6.54 Å². The van der Waals surface area contributed by atoms with Crippen LogP contribution in [0.4, 0.5) is 0 Å². The number of carbonyl (C=O) groups excluding carboxylic acids is 1. The molecule has 130 valence electrons. The largest absolute Gasteiger partial charge is 0.480 e. The molecule has 2 saturated carbocycles. The molecule has 24 heavy (non-hydrogen) atoms. The highest BCUT2D eigenvalue weighted by Gasteiger charge is 2.37. The number of nitrogens with one attached hydrogen (secondary N) is 1. The molecule has 0 aromatic heterocycles. The molecule has 0 aliphatic heterocycles. The first-order chi connectivity index (χ1) is 11.6. The Balaban J connectivity index is 1.37. The maximum absolute atomic E-state index is 12.0. The summed E-state index contributed by atoms with van der Waals surface area (Å²) in [6.07, 6.45) is 5.46. The first-order valence-electron chi connectivity index (χ1n) is 8.89. The maximum Gasteiger partial charge on any atom is 0.317 e. The van der Waals surface area contributed by atoms with E-state index in [0.29, 0.717) is 18.4 Å². The molecular weight excluding hydrogens is 304 g/mol. The van der Waals surface area contributed by atoms with E-state index in [1.165, 1.54) is 18.4 Å². The lowest BCUT2D eigenvalue weighted by atomic mass is 9.85. The van der Waals surface area contributed by atoms with Crippen LogP contribution in [0.1, 0.15) is 37.7 Å². The molecule has 0 bridgehead atoms. The molecule has 3 rings (SSSR count). The van der Waals surface area contributed by atoms with Gasteiger partial charge in [0.1, 0.15) is 0 Å². The number of carboxylic acid groups (broad SMARTS) is 1. The lowest BCUT2D eigenvalue weighted by Crippen LogP contribution is -2.55. The van der Waals surface area contributed by atoms with Crippen molar-refractivity contribution in [3.8, 4) is 0 Å². The van der Waals surface area contributed by atoms with Crippen LogP contribution in [0.5, 0.6) is 0 Å². The van der Waals surface area contributed by atoms with Crippen LogP contribution in [0.2, 0.25) is 0 Å². The highest BCUT2D eigenvalue weighted by molar-refractivity contribution is 5.76. The van der Waals surface area contributed by atoms with Crippen molar-refractivity contribution in [3.05, 3.63) is 35.9 Å². The Morgan fingerprint density at radius 1 is 1.17 bits per heavy atom. The van der Waals surface area contributed by atoms with Crippen molar-refractivity contribution in [2.24, 2.45) is 5.92 Å². The summed E-state index contributed by atoms with van der Waals surface area (Å²) in [6, 6.07) is 10.5. The third-order valence-electron chi connectivity index (χ3n) is 5.01. The topological polar surface area (TPSA) is 69.6 Å². The number of aryl methyl sites for hydroxylation is 1. The van der Waals surface area contributed by atoms with Crippen molar-refractivity contribution in [2.75, 3.05) is 13.1 Å². The van der Waals surface area contributed by atoms with Gasteiger partial charge in [0.25, 0.3) is 0 Å². The van der Waals surface area contributed by atoms with E-state index in [1.807, 2.05) is 30.3 Å². The predicted molar refractivity (Wildman–Crippen MR) is 91.6 cm³/mol. The van der Waals surface area contributed by atoms with Crippen LogP contribution < -0.4 is 5.32 Å². The van der Waals surface area contributed by atoms with Gasteiger partial charge in [-0.3, -0.25) is 14.5 Å². The lowest BCUT2D eigenvalue weighted by molar-refractivity contribution is -0.140. The second-order valence-corrected chi connectivity index (χ2v) is 7.14. The van der Waals surface area contributed by atoms with E-state index in [0.717, 1.165) is 25.8 Å². The number of hydrogen-bond donors (Lipinski definition) is 2. The Morgan fingerprint density at radius 2 is 1.88 bits per heavy atom. The summed E-state index contributed by atoms with van der Waals surface area (Å²) >= 11 is 0. The fourth-order valence-corrected chi connectivity index (χ4v) is 3.35. The Kier molecular flexibility index (Phi) is 5.51. The number of amides is 1. The molecule has 2 aliphatic rings. The highest BCUT2D eigenvalue weighted by atomic mass is 16.4. The molecule has 5 heteroatoms. The molecule has 2 fully saturated rings. The van der Waals surface area contributed by atoms with Crippen LogP contribution in [0.3, 0.4) is 0 Å². The highest BCUT2D eigenvalue weighted by Crippen LogP contribution is 2.33. The van der Waals surface area contributed by atoms with Gasteiger partial charge in [0.15, 0.2) is 0 Å². The second kappa shape index (κ2) is 7.79. The van der Waals surface area contributed by atoms with Gasteiger partial charge in [-0.1, -0.05) is 30.3 Å². The monoisotopic (exact) mass is 330 g/mol. The van der Waals surface area contributed by atoms with Gasteiger partial charge in [-0.2, -0.15) is 0 Å². The van der Waals surface area contributed by atoms with Gasteiger partial charge >= 0.3 is 5.97 Å². The molecule has 2 N–H and O–H groups in total. The minimum atomic E-state index is -0.758. The summed E-state index contributed by atoms with van der Waals surface area (Å²) in [5, 5.41) is 12.1. The summed E-state index contributed by atoms with van der Waals surface area (Å²) in [5.41, 5.74) is 1.18. The number of carboxylic acids is 1. The van der Waals surface area contributed by atoms with E-state index in [4.69, 9.17) is 5.11 Å². The first kappa shape index (κ1) is 17.0. The van der Waals surface area contributed by atoms with E-state index >= 15 is 0 Å². The van der Waals surface area contributed by atoms with Crippen molar-refractivity contribution < 1.29 is 14.7 Å². The van der Waals surface area contributed by atoms with E-state index in [2.05, 4.69) is 10.2 Å². The SMILES string of the molecule is O=C(O)CN(CC1CC1)C1CC(NC(=O)CCc2ccccc2)C1. The zero-order valence-corrected chi connectivity index (χ0v) is 14.0. The fourth-order valence-electron chi connectivity index (χ4n) is 3.35. The number of carbonyl (C=O) groups is 2. The first-order valence-corrected chi connectivity index (χ1v) is 8.89. The standard InChI is InChI=1S/C19H26N2O3/c22-18(9-8-14-4-2-1-3-5-14)20-16-10-17(11-16)21(13-19(23)24)12-15-6-7-15/h1-5,15-17H,6-13H2,(H,20,22)(H,23,24). The normalized spacial score (nSPS) is 22.9. The summed E-state index contributed by atoms with van der Waals surface area (Å²) in [6.45, 7) is 1.02. The van der Waals surface area contributed by atoms with Gasteiger partial charge in [-0.25, -0.2) is 0 Å². The Labute approximate surface area is 143 Å². The van der Waals surface area contributed by atoms with Crippen molar-refractivity contribution in [1.29, 1.82) is 0 Å². The van der Waals surface area contributed by atoms with Crippen molar-refractivity contribution >= 4 is 11.9 Å². The quantitative estimate of drug-likeness (QED) is 0.727. The molecule has 1 amide bonds. The molecule has 0 saturated heterocycles. The average Bonchev–Trinajstić information content (AvgIpc) is 3.32. The Bertz CT molecular complexity index is 565. The van der Waals surface area contributed by atoms with Crippen LogP contribution in [0, 0.1) is 5.92 Å². The van der Waals surface area contributed by atoms with Crippen molar-refractivity contribution in [1.82, 2.24) is 10.2 Å². The fraction of sp³-hybridized carbons (Fsp3) is 0.579. The third-order valence-corrected chi connectivity index (χ3v) is 5.01. The Morgan fingerprint density at radius 3 is 2.50 bits per heavy atom. The minimum Gasteiger partial charge on any atom is -0.480 e. The van der Waals surface area contributed by atoms with Crippen molar-refractivity contribution in [2.45, 2.75) is 50.6 Å². The van der Waals surface area contributed by atoms with Gasteiger partial charge < -0.3 is 10.4 Å². The molecule has 0 atom stereocenters. The maximum atomic E-state index is 12.0. The molecule has 1 aromatic rings. The molecule has 5 nitrogen and oxygen atoms in total. The third kappa shape index (κ3) is 5.06. The van der Waals surface area contributed by atoms with Gasteiger partial charge in [-0.15, -0.1) is 0 Å².